The fourth-order valence-corrected chi connectivity index (χ4v) is 4.40. The van der Waals surface area contributed by atoms with E-state index in [4.69, 9.17) is 0 Å². The first-order chi connectivity index (χ1) is 13.7. The van der Waals surface area contributed by atoms with E-state index in [1.165, 1.54) is 24.2 Å². The number of aromatic nitrogens is 4. The van der Waals surface area contributed by atoms with Gasteiger partial charge in [-0.25, -0.2) is 4.39 Å². The predicted octanol–water partition coefficient (Wildman–Crippen LogP) is 3.81. The van der Waals surface area contributed by atoms with Crippen molar-refractivity contribution in [3.8, 4) is 11.4 Å². The molecule has 1 amide bonds. The maximum atomic E-state index is 14.2. The normalized spacial score (nSPS) is 15.7. The summed E-state index contributed by atoms with van der Waals surface area (Å²) in [7, 11) is 0. The minimum absolute atomic E-state index is 0.173. The first-order valence-corrected chi connectivity index (χ1v) is 10.5. The lowest BCUT2D eigenvalue weighted by Crippen LogP contribution is -2.40. The number of rotatable bonds is 5. The monoisotopic (exact) mass is 399 g/mol. The van der Waals surface area contributed by atoms with Crippen LogP contribution < -0.4 is 0 Å². The van der Waals surface area contributed by atoms with Gasteiger partial charge in [0.1, 0.15) is 10.8 Å². The zero-order valence-electron chi connectivity index (χ0n) is 15.7. The van der Waals surface area contributed by atoms with Gasteiger partial charge in [-0.05, 0) is 49.9 Å². The van der Waals surface area contributed by atoms with Crippen molar-refractivity contribution < 1.29 is 9.18 Å². The molecule has 28 heavy (non-hydrogen) atoms. The number of halogens is 1. The van der Waals surface area contributed by atoms with E-state index in [1.807, 2.05) is 17.9 Å². The number of hydrogen-bond donors (Lipinski definition) is 0. The molecule has 0 unspecified atom stereocenters. The highest BCUT2D eigenvalue weighted by Crippen LogP contribution is 2.28. The number of amides is 1. The average Bonchev–Trinajstić information content (AvgIpc) is 3.15. The van der Waals surface area contributed by atoms with Gasteiger partial charge in [0.15, 0.2) is 11.5 Å². The van der Waals surface area contributed by atoms with Crippen molar-refractivity contribution >= 4 is 23.3 Å². The molecule has 0 aliphatic carbocycles. The summed E-state index contributed by atoms with van der Waals surface area (Å²) in [6.45, 7) is 3.69. The third kappa shape index (κ3) is 3.73. The zero-order valence-corrected chi connectivity index (χ0v) is 16.5. The minimum atomic E-state index is -0.372. The molecule has 1 aliphatic heterocycles. The van der Waals surface area contributed by atoms with Crippen LogP contribution >= 0.6 is 11.8 Å². The van der Waals surface area contributed by atoms with E-state index < -0.39 is 0 Å². The Morgan fingerprint density at radius 1 is 1.14 bits per heavy atom. The molecular formula is C20H22FN5OS. The predicted molar refractivity (Wildman–Crippen MR) is 107 cm³/mol. The number of hydrogen-bond acceptors (Lipinski definition) is 5. The molecule has 1 atom stereocenters. The van der Waals surface area contributed by atoms with Crippen molar-refractivity contribution in [2.75, 3.05) is 13.1 Å². The van der Waals surface area contributed by atoms with Gasteiger partial charge in [0, 0.05) is 13.1 Å². The molecule has 0 saturated carbocycles. The molecule has 4 rings (SSSR count). The summed E-state index contributed by atoms with van der Waals surface area (Å²) in [5, 5.41) is 13.3. The van der Waals surface area contributed by atoms with Crippen molar-refractivity contribution in [3.63, 3.8) is 0 Å². The molecule has 8 heteroatoms. The Balaban J connectivity index is 1.61. The van der Waals surface area contributed by atoms with E-state index in [0.29, 0.717) is 22.1 Å². The van der Waals surface area contributed by atoms with Crippen LogP contribution in [-0.4, -0.2) is 49.0 Å². The number of benzene rings is 1. The molecule has 0 N–H and O–H groups in total. The summed E-state index contributed by atoms with van der Waals surface area (Å²) >= 11 is 1.44. The van der Waals surface area contributed by atoms with Gasteiger partial charge < -0.3 is 4.90 Å². The van der Waals surface area contributed by atoms with E-state index >= 15 is 0 Å². The molecule has 1 aromatic carbocycles. The highest BCUT2D eigenvalue weighted by Gasteiger charge is 2.26. The molecule has 1 aliphatic rings. The molecule has 1 saturated heterocycles. The number of carbonyl (C=O) groups is 1. The van der Waals surface area contributed by atoms with Crippen molar-refractivity contribution in [2.24, 2.45) is 0 Å². The van der Waals surface area contributed by atoms with Gasteiger partial charge in [-0.1, -0.05) is 30.8 Å². The van der Waals surface area contributed by atoms with Crippen LogP contribution in [0.4, 0.5) is 4.39 Å². The number of thioether (sulfide) groups is 1. The van der Waals surface area contributed by atoms with E-state index in [1.54, 1.807) is 28.8 Å². The fourth-order valence-electron chi connectivity index (χ4n) is 3.42. The SMILES string of the molecule is CC[C@@H](Sc1ccc2nnc(-c3ccccc3F)n2n1)C(=O)N1CCCCC1. The number of likely N-dealkylation sites (tertiary alicyclic amines) is 1. The Morgan fingerprint density at radius 2 is 1.93 bits per heavy atom. The first-order valence-electron chi connectivity index (χ1n) is 9.60. The largest absolute Gasteiger partial charge is 0.342 e. The van der Waals surface area contributed by atoms with E-state index in [-0.39, 0.29) is 17.0 Å². The molecular weight excluding hydrogens is 377 g/mol. The molecule has 2 aromatic heterocycles. The molecule has 0 bridgehead atoms. The van der Waals surface area contributed by atoms with Gasteiger partial charge in [-0.2, -0.15) is 9.61 Å². The van der Waals surface area contributed by atoms with E-state index in [0.717, 1.165) is 32.4 Å². The second-order valence-electron chi connectivity index (χ2n) is 6.85. The Hall–Kier alpha value is -2.48. The van der Waals surface area contributed by atoms with Gasteiger partial charge in [0.2, 0.25) is 5.91 Å². The zero-order chi connectivity index (χ0) is 19.5. The number of piperidine rings is 1. The van der Waals surface area contributed by atoms with Gasteiger partial charge in [0.25, 0.3) is 0 Å². The van der Waals surface area contributed by atoms with Crippen LogP contribution in [0.25, 0.3) is 17.0 Å². The maximum Gasteiger partial charge on any atom is 0.236 e. The lowest BCUT2D eigenvalue weighted by atomic mass is 10.1. The Labute approximate surface area is 167 Å². The van der Waals surface area contributed by atoms with Crippen LogP contribution in [0.3, 0.4) is 0 Å². The highest BCUT2D eigenvalue weighted by molar-refractivity contribution is 8.00. The summed E-state index contributed by atoms with van der Waals surface area (Å²) in [5.74, 6) is 0.154. The lowest BCUT2D eigenvalue weighted by Gasteiger charge is -2.29. The fraction of sp³-hybridized carbons (Fsp3) is 0.400. The van der Waals surface area contributed by atoms with Crippen molar-refractivity contribution in [3.05, 3.63) is 42.2 Å². The molecule has 1 fully saturated rings. The van der Waals surface area contributed by atoms with E-state index in [2.05, 4.69) is 15.3 Å². The quantitative estimate of drug-likeness (QED) is 0.611. The summed E-state index contributed by atoms with van der Waals surface area (Å²) in [6, 6.07) is 10.1. The smallest absolute Gasteiger partial charge is 0.236 e. The lowest BCUT2D eigenvalue weighted by molar-refractivity contribution is -0.131. The Kier molecular flexibility index (Phi) is 5.57. The summed E-state index contributed by atoms with van der Waals surface area (Å²) in [6.07, 6.45) is 4.06. The number of nitrogens with zero attached hydrogens (tertiary/aromatic N) is 5. The van der Waals surface area contributed by atoms with Crippen LogP contribution in [0, 0.1) is 5.82 Å². The standard InChI is InChI=1S/C20H22FN5OS/c1-2-16(20(27)25-12-6-3-7-13-25)28-18-11-10-17-22-23-19(26(17)24-18)14-8-4-5-9-15(14)21/h4-5,8-11,16H,2-3,6-7,12-13H2,1H3/t16-/m1/s1. The van der Waals surface area contributed by atoms with Crippen molar-refractivity contribution in [2.45, 2.75) is 42.9 Å². The molecule has 0 spiro atoms. The second kappa shape index (κ2) is 8.26. The van der Waals surface area contributed by atoms with Gasteiger partial charge in [-0.3, -0.25) is 4.79 Å². The summed E-state index contributed by atoms with van der Waals surface area (Å²) in [5.41, 5.74) is 0.888. The van der Waals surface area contributed by atoms with E-state index in [9.17, 15) is 9.18 Å². The molecule has 6 nitrogen and oxygen atoms in total. The Bertz CT molecular complexity index is 986. The molecule has 3 aromatic rings. The van der Waals surface area contributed by atoms with Crippen molar-refractivity contribution in [1.29, 1.82) is 0 Å². The molecule has 0 radical (unpaired) electrons. The number of carbonyl (C=O) groups excluding carboxylic acids is 1. The first kappa shape index (κ1) is 18.9. The second-order valence-corrected chi connectivity index (χ2v) is 8.07. The third-order valence-electron chi connectivity index (χ3n) is 4.93. The number of fused-ring (bicyclic) bond motifs is 1. The third-order valence-corrected chi connectivity index (χ3v) is 6.21. The van der Waals surface area contributed by atoms with Crippen LogP contribution in [0.1, 0.15) is 32.6 Å². The van der Waals surface area contributed by atoms with Gasteiger partial charge in [-0.15, -0.1) is 10.2 Å². The topological polar surface area (TPSA) is 63.4 Å². The van der Waals surface area contributed by atoms with Crippen LogP contribution in [0.15, 0.2) is 41.4 Å². The van der Waals surface area contributed by atoms with Crippen LogP contribution in [0.2, 0.25) is 0 Å². The molecule has 3 heterocycles. The van der Waals surface area contributed by atoms with Gasteiger partial charge >= 0.3 is 0 Å². The minimum Gasteiger partial charge on any atom is -0.342 e. The maximum absolute atomic E-state index is 14.2. The average molecular weight is 399 g/mol. The van der Waals surface area contributed by atoms with Crippen LogP contribution in [0.5, 0.6) is 0 Å². The van der Waals surface area contributed by atoms with Crippen molar-refractivity contribution in [1.82, 2.24) is 24.7 Å². The van der Waals surface area contributed by atoms with Crippen LogP contribution in [-0.2, 0) is 4.79 Å². The van der Waals surface area contributed by atoms with Gasteiger partial charge in [0.05, 0.1) is 10.8 Å². The highest BCUT2D eigenvalue weighted by atomic mass is 32.2. The Morgan fingerprint density at radius 3 is 2.68 bits per heavy atom. The summed E-state index contributed by atoms with van der Waals surface area (Å²) < 4.78 is 15.7. The summed E-state index contributed by atoms with van der Waals surface area (Å²) in [4.78, 5) is 14.8. The molecule has 146 valence electrons.